The van der Waals surface area contributed by atoms with Crippen LogP contribution < -0.4 is 5.32 Å². The number of nitrogens with one attached hydrogen (secondary N) is 1. The Balaban J connectivity index is 3.18. The second kappa shape index (κ2) is 6.17. The molecule has 0 aromatic rings. The fourth-order valence-electron chi connectivity index (χ4n) is 0.630. The van der Waals surface area contributed by atoms with Crippen LogP contribution in [0.2, 0.25) is 0 Å². The van der Waals surface area contributed by atoms with Crippen LogP contribution in [0.3, 0.4) is 0 Å². The number of rotatable bonds is 6. The fraction of sp³-hybridized carbons (Fsp3) is 1.00. The topological polar surface area (TPSA) is 41.5 Å². The molecule has 13 heavy (non-hydrogen) atoms. The third kappa shape index (κ3) is 9.59. The van der Waals surface area contributed by atoms with Gasteiger partial charge in [-0.05, 0) is 6.92 Å². The van der Waals surface area contributed by atoms with Crippen LogP contribution in [0, 0.1) is 0 Å². The fourth-order valence-corrected chi connectivity index (χ4v) is 0.630. The number of alkyl halides is 3. The first-order valence-corrected chi connectivity index (χ1v) is 3.94. The van der Waals surface area contributed by atoms with Crippen LogP contribution in [-0.4, -0.2) is 43.7 Å². The van der Waals surface area contributed by atoms with E-state index in [1.807, 2.05) is 0 Å². The van der Waals surface area contributed by atoms with Gasteiger partial charge in [-0.1, -0.05) is 0 Å². The number of hydrogen-bond donors (Lipinski definition) is 2. The molecular formula is C7H14F3NO2. The smallest absolute Gasteiger partial charge is 0.395 e. The summed E-state index contributed by atoms with van der Waals surface area (Å²) < 4.78 is 38.9. The second-order valence-corrected chi connectivity index (χ2v) is 2.71. The Hall–Kier alpha value is -0.330. The zero-order valence-electron chi connectivity index (χ0n) is 7.40. The number of hydrogen-bond acceptors (Lipinski definition) is 3. The van der Waals surface area contributed by atoms with Gasteiger partial charge in [-0.15, -0.1) is 0 Å². The van der Waals surface area contributed by atoms with Crippen molar-refractivity contribution in [2.45, 2.75) is 19.1 Å². The summed E-state index contributed by atoms with van der Waals surface area (Å²) in [6.45, 7) is 0.757. The van der Waals surface area contributed by atoms with Gasteiger partial charge in [0.2, 0.25) is 0 Å². The van der Waals surface area contributed by atoms with E-state index in [1.54, 1.807) is 6.92 Å². The van der Waals surface area contributed by atoms with Crippen LogP contribution >= 0.6 is 0 Å². The Kier molecular flexibility index (Phi) is 6.02. The lowest BCUT2D eigenvalue weighted by molar-refractivity contribution is -0.173. The summed E-state index contributed by atoms with van der Waals surface area (Å²) in [4.78, 5) is 0. The minimum absolute atomic E-state index is 0.0101. The molecule has 0 aromatic heterocycles. The molecule has 0 heterocycles. The highest BCUT2D eigenvalue weighted by atomic mass is 19.4. The monoisotopic (exact) mass is 201 g/mol. The lowest BCUT2D eigenvalue weighted by Gasteiger charge is -2.11. The first kappa shape index (κ1) is 12.7. The summed E-state index contributed by atoms with van der Waals surface area (Å²) >= 11 is 0. The van der Waals surface area contributed by atoms with E-state index in [9.17, 15) is 13.2 Å². The van der Waals surface area contributed by atoms with E-state index >= 15 is 0 Å². The average molecular weight is 201 g/mol. The third-order valence-corrected chi connectivity index (χ3v) is 1.28. The van der Waals surface area contributed by atoms with Crippen molar-refractivity contribution in [2.24, 2.45) is 0 Å². The van der Waals surface area contributed by atoms with Gasteiger partial charge in [-0.2, -0.15) is 13.2 Å². The lowest BCUT2D eigenvalue weighted by Crippen LogP contribution is -2.32. The van der Waals surface area contributed by atoms with Gasteiger partial charge >= 0.3 is 6.18 Å². The van der Waals surface area contributed by atoms with Crippen molar-refractivity contribution in [3.05, 3.63) is 0 Å². The minimum atomic E-state index is -4.26. The van der Waals surface area contributed by atoms with Gasteiger partial charge in [0.25, 0.3) is 0 Å². The maximum Gasteiger partial charge on any atom is 0.411 e. The van der Waals surface area contributed by atoms with Crippen molar-refractivity contribution in [2.75, 3.05) is 26.4 Å². The van der Waals surface area contributed by atoms with Crippen LogP contribution in [0.1, 0.15) is 6.92 Å². The Bertz CT molecular complexity index is 129. The third-order valence-electron chi connectivity index (χ3n) is 1.28. The molecule has 2 N–H and O–H groups in total. The summed E-state index contributed by atoms with van der Waals surface area (Å²) in [5.74, 6) is 0. The van der Waals surface area contributed by atoms with Crippen LogP contribution in [0.25, 0.3) is 0 Å². The zero-order chi connectivity index (χ0) is 10.3. The molecule has 1 unspecified atom stereocenters. The molecule has 0 fully saturated rings. The van der Waals surface area contributed by atoms with Crippen molar-refractivity contribution in [1.82, 2.24) is 5.32 Å². The molecule has 0 bridgehead atoms. The summed E-state index contributed by atoms with van der Waals surface area (Å²) in [6.07, 6.45) is -4.26. The zero-order valence-corrected chi connectivity index (χ0v) is 7.40. The van der Waals surface area contributed by atoms with Crippen molar-refractivity contribution in [1.29, 1.82) is 0 Å². The predicted octanol–water partition coefficient (Wildman–Crippen LogP) is 0.536. The normalized spacial score (nSPS) is 14.5. The molecule has 6 heteroatoms. The van der Waals surface area contributed by atoms with Crippen molar-refractivity contribution >= 4 is 0 Å². The number of aliphatic hydroxyl groups is 1. The Morgan fingerprint density at radius 1 is 1.46 bits per heavy atom. The Morgan fingerprint density at radius 3 is 2.54 bits per heavy atom. The molecule has 3 nitrogen and oxygen atoms in total. The minimum Gasteiger partial charge on any atom is -0.395 e. The molecule has 0 aliphatic carbocycles. The van der Waals surface area contributed by atoms with E-state index in [0.717, 1.165) is 0 Å². The van der Waals surface area contributed by atoms with Crippen molar-refractivity contribution in [3.63, 3.8) is 0 Å². The van der Waals surface area contributed by atoms with E-state index in [2.05, 4.69) is 10.1 Å². The van der Waals surface area contributed by atoms with E-state index in [4.69, 9.17) is 5.11 Å². The highest BCUT2D eigenvalue weighted by Gasteiger charge is 2.27. The van der Waals surface area contributed by atoms with Gasteiger partial charge in [0.1, 0.15) is 6.61 Å². The quantitative estimate of drug-likeness (QED) is 0.616. The Morgan fingerprint density at radius 2 is 2.08 bits per heavy atom. The van der Waals surface area contributed by atoms with E-state index in [0.29, 0.717) is 6.54 Å². The molecule has 0 saturated carbocycles. The summed E-state index contributed by atoms with van der Waals surface area (Å²) in [5, 5.41) is 11.3. The van der Waals surface area contributed by atoms with E-state index in [-0.39, 0.29) is 19.3 Å². The van der Waals surface area contributed by atoms with Gasteiger partial charge in [0.05, 0.1) is 13.2 Å². The first-order chi connectivity index (χ1) is 5.95. The van der Waals surface area contributed by atoms with E-state index < -0.39 is 12.8 Å². The summed E-state index contributed by atoms with van der Waals surface area (Å²) in [6, 6.07) is -0.116. The largest absolute Gasteiger partial charge is 0.411 e. The van der Waals surface area contributed by atoms with Gasteiger partial charge < -0.3 is 15.2 Å². The standard InChI is InChI=1S/C7H14F3NO2/c1-6(4-12)11-2-3-13-5-7(8,9)10/h6,11-12H,2-5H2,1H3. The first-order valence-electron chi connectivity index (χ1n) is 3.94. The summed E-state index contributed by atoms with van der Waals surface area (Å²) in [5.41, 5.74) is 0. The van der Waals surface area contributed by atoms with Gasteiger partial charge in [-0.25, -0.2) is 0 Å². The number of aliphatic hydroxyl groups excluding tert-OH is 1. The van der Waals surface area contributed by atoms with Gasteiger partial charge in [-0.3, -0.25) is 0 Å². The Labute approximate surface area is 74.9 Å². The van der Waals surface area contributed by atoms with Crippen LogP contribution in [-0.2, 0) is 4.74 Å². The molecule has 1 atom stereocenters. The van der Waals surface area contributed by atoms with Crippen molar-refractivity contribution < 1.29 is 23.0 Å². The highest BCUT2D eigenvalue weighted by molar-refractivity contribution is 4.57. The van der Waals surface area contributed by atoms with Crippen LogP contribution in [0.15, 0.2) is 0 Å². The summed E-state index contributed by atoms with van der Waals surface area (Å²) in [7, 11) is 0. The molecular weight excluding hydrogens is 187 g/mol. The maximum absolute atomic E-state index is 11.5. The predicted molar refractivity (Wildman–Crippen MR) is 41.4 cm³/mol. The molecule has 0 aliphatic heterocycles. The molecule has 0 amide bonds. The van der Waals surface area contributed by atoms with Crippen LogP contribution in [0.4, 0.5) is 13.2 Å². The lowest BCUT2D eigenvalue weighted by atomic mass is 10.4. The average Bonchev–Trinajstić information content (AvgIpc) is 2.01. The molecule has 80 valence electrons. The number of ether oxygens (including phenoxy) is 1. The SMILES string of the molecule is CC(CO)NCCOCC(F)(F)F. The molecule has 0 aliphatic rings. The van der Waals surface area contributed by atoms with Gasteiger partial charge in [0, 0.05) is 12.6 Å². The molecule has 0 rings (SSSR count). The molecule has 0 aromatic carbocycles. The molecule has 0 spiro atoms. The maximum atomic E-state index is 11.5. The van der Waals surface area contributed by atoms with Crippen molar-refractivity contribution in [3.8, 4) is 0 Å². The van der Waals surface area contributed by atoms with E-state index in [1.165, 1.54) is 0 Å². The second-order valence-electron chi connectivity index (χ2n) is 2.71. The van der Waals surface area contributed by atoms with Gasteiger partial charge in [0.15, 0.2) is 0 Å². The highest BCUT2D eigenvalue weighted by Crippen LogP contribution is 2.13. The molecule has 0 radical (unpaired) electrons. The molecule has 0 saturated heterocycles. The van der Waals surface area contributed by atoms with Crippen LogP contribution in [0.5, 0.6) is 0 Å². The number of halogens is 3.